The van der Waals surface area contributed by atoms with Crippen LogP contribution < -0.4 is 5.32 Å². The molecule has 0 saturated carbocycles. The highest BCUT2D eigenvalue weighted by molar-refractivity contribution is 7.11. The van der Waals surface area contributed by atoms with E-state index in [2.05, 4.69) is 24.1 Å². The molecule has 0 spiro atoms. The number of thiazole rings is 1. The number of morpholine rings is 1. The first-order valence-electron chi connectivity index (χ1n) is 5.58. The molecule has 4 heteroatoms. The molecule has 1 atom stereocenters. The molecule has 15 heavy (non-hydrogen) atoms. The van der Waals surface area contributed by atoms with Gasteiger partial charge in [0, 0.05) is 11.4 Å². The highest BCUT2D eigenvalue weighted by atomic mass is 32.1. The van der Waals surface area contributed by atoms with E-state index in [1.165, 1.54) is 22.0 Å². The Bertz CT molecular complexity index is 318. The van der Waals surface area contributed by atoms with Crippen molar-refractivity contribution in [2.45, 2.75) is 32.7 Å². The zero-order valence-electron chi connectivity index (χ0n) is 9.38. The van der Waals surface area contributed by atoms with Crippen molar-refractivity contribution in [1.29, 1.82) is 0 Å². The van der Waals surface area contributed by atoms with Gasteiger partial charge in [-0.05, 0) is 19.8 Å². The molecule has 1 fully saturated rings. The minimum atomic E-state index is 0.363. The summed E-state index contributed by atoms with van der Waals surface area (Å²) in [5.74, 6) is 0. The van der Waals surface area contributed by atoms with Gasteiger partial charge in [0.2, 0.25) is 0 Å². The van der Waals surface area contributed by atoms with Gasteiger partial charge < -0.3 is 10.1 Å². The average molecular weight is 226 g/mol. The van der Waals surface area contributed by atoms with Crippen molar-refractivity contribution in [3.05, 3.63) is 15.6 Å². The van der Waals surface area contributed by atoms with E-state index in [0.29, 0.717) is 6.04 Å². The van der Waals surface area contributed by atoms with Gasteiger partial charge in [-0.3, -0.25) is 0 Å². The predicted octanol–water partition coefficient (Wildman–Crippen LogP) is 2.06. The molecule has 0 amide bonds. The molecule has 1 unspecified atom stereocenters. The van der Waals surface area contributed by atoms with E-state index >= 15 is 0 Å². The Morgan fingerprint density at radius 1 is 1.60 bits per heavy atom. The smallest absolute Gasteiger partial charge is 0.0931 e. The van der Waals surface area contributed by atoms with Crippen LogP contribution in [0.5, 0.6) is 0 Å². The lowest BCUT2D eigenvalue weighted by Crippen LogP contribution is -2.34. The fourth-order valence-corrected chi connectivity index (χ4v) is 3.07. The van der Waals surface area contributed by atoms with Crippen LogP contribution in [0.4, 0.5) is 0 Å². The van der Waals surface area contributed by atoms with Gasteiger partial charge in [0.15, 0.2) is 0 Å². The van der Waals surface area contributed by atoms with Crippen molar-refractivity contribution < 1.29 is 4.74 Å². The molecule has 0 aliphatic carbocycles. The van der Waals surface area contributed by atoms with E-state index in [0.717, 1.165) is 26.2 Å². The van der Waals surface area contributed by atoms with Crippen LogP contribution in [-0.4, -0.2) is 24.7 Å². The summed E-state index contributed by atoms with van der Waals surface area (Å²) in [6.45, 7) is 6.86. The van der Waals surface area contributed by atoms with Gasteiger partial charge in [0.25, 0.3) is 0 Å². The van der Waals surface area contributed by atoms with Crippen LogP contribution in [0.3, 0.4) is 0 Å². The lowest BCUT2D eigenvalue weighted by molar-refractivity contribution is 0.0777. The molecule has 0 radical (unpaired) electrons. The Kier molecular flexibility index (Phi) is 3.72. The van der Waals surface area contributed by atoms with Crippen LogP contribution in [0.1, 0.15) is 35.0 Å². The number of nitrogens with one attached hydrogen (secondary N) is 1. The van der Waals surface area contributed by atoms with Gasteiger partial charge in [-0.1, -0.05) is 6.92 Å². The number of rotatable bonds is 3. The Hall–Kier alpha value is -0.450. The molecule has 84 valence electrons. The SMILES string of the molecule is CCCc1nc(C)c(C2COCCN2)s1. The molecule has 2 heterocycles. The zero-order chi connectivity index (χ0) is 10.7. The Morgan fingerprint density at radius 2 is 2.47 bits per heavy atom. The van der Waals surface area contributed by atoms with Gasteiger partial charge in [-0.15, -0.1) is 11.3 Å². The lowest BCUT2D eigenvalue weighted by Gasteiger charge is -2.22. The summed E-state index contributed by atoms with van der Waals surface area (Å²) in [6, 6.07) is 0.363. The fourth-order valence-electron chi connectivity index (χ4n) is 1.84. The summed E-state index contributed by atoms with van der Waals surface area (Å²) in [5.41, 5.74) is 1.17. The minimum Gasteiger partial charge on any atom is -0.378 e. The van der Waals surface area contributed by atoms with Crippen LogP contribution >= 0.6 is 11.3 Å². The summed E-state index contributed by atoms with van der Waals surface area (Å²) in [5, 5.41) is 4.74. The topological polar surface area (TPSA) is 34.1 Å². The van der Waals surface area contributed by atoms with Crippen molar-refractivity contribution in [2.24, 2.45) is 0 Å². The van der Waals surface area contributed by atoms with Gasteiger partial charge >= 0.3 is 0 Å². The number of nitrogens with zero attached hydrogens (tertiary/aromatic N) is 1. The van der Waals surface area contributed by atoms with Crippen LogP contribution in [0, 0.1) is 6.92 Å². The van der Waals surface area contributed by atoms with E-state index in [9.17, 15) is 0 Å². The summed E-state index contributed by atoms with van der Waals surface area (Å²) in [6.07, 6.45) is 2.26. The molecule has 0 bridgehead atoms. The molecular formula is C11H18N2OS. The van der Waals surface area contributed by atoms with E-state index in [-0.39, 0.29) is 0 Å². The van der Waals surface area contributed by atoms with Gasteiger partial charge in [0.1, 0.15) is 0 Å². The van der Waals surface area contributed by atoms with E-state index in [1.54, 1.807) is 0 Å². The zero-order valence-corrected chi connectivity index (χ0v) is 10.2. The quantitative estimate of drug-likeness (QED) is 0.856. The Morgan fingerprint density at radius 3 is 3.13 bits per heavy atom. The molecule has 1 N–H and O–H groups in total. The molecule has 1 aromatic heterocycles. The fraction of sp³-hybridized carbons (Fsp3) is 0.727. The third-order valence-electron chi connectivity index (χ3n) is 2.58. The highest BCUT2D eigenvalue weighted by Crippen LogP contribution is 2.27. The first kappa shape index (κ1) is 11.0. The van der Waals surface area contributed by atoms with Crippen LogP contribution in [0.15, 0.2) is 0 Å². The Balaban J connectivity index is 2.11. The van der Waals surface area contributed by atoms with Crippen LogP contribution in [0.25, 0.3) is 0 Å². The minimum absolute atomic E-state index is 0.363. The lowest BCUT2D eigenvalue weighted by atomic mass is 10.2. The van der Waals surface area contributed by atoms with Crippen LogP contribution in [0.2, 0.25) is 0 Å². The molecule has 2 rings (SSSR count). The monoisotopic (exact) mass is 226 g/mol. The summed E-state index contributed by atoms with van der Waals surface area (Å²) < 4.78 is 5.48. The van der Waals surface area contributed by atoms with Crippen molar-refractivity contribution in [3.63, 3.8) is 0 Å². The molecule has 0 aromatic carbocycles. The maximum Gasteiger partial charge on any atom is 0.0931 e. The normalized spacial score (nSPS) is 21.9. The second-order valence-corrected chi connectivity index (χ2v) is 5.00. The summed E-state index contributed by atoms with van der Waals surface area (Å²) in [7, 11) is 0. The van der Waals surface area contributed by atoms with E-state index in [4.69, 9.17) is 4.74 Å². The van der Waals surface area contributed by atoms with Gasteiger partial charge in [-0.2, -0.15) is 0 Å². The number of aromatic nitrogens is 1. The Labute approximate surface area is 94.9 Å². The summed E-state index contributed by atoms with van der Waals surface area (Å²) in [4.78, 5) is 5.96. The van der Waals surface area contributed by atoms with Crippen molar-refractivity contribution >= 4 is 11.3 Å². The summed E-state index contributed by atoms with van der Waals surface area (Å²) >= 11 is 1.84. The molecule has 1 saturated heterocycles. The van der Waals surface area contributed by atoms with Crippen molar-refractivity contribution in [1.82, 2.24) is 10.3 Å². The molecule has 3 nitrogen and oxygen atoms in total. The largest absolute Gasteiger partial charge is 0.378 e. The molecular weight excluding hydrogens is 208 g/mol. The number of aryl methyl sites for hydroxylation is 2. The molecule has 1 aliphatic heterocycles. The van der Waals surface area contributed by atoms with E-state index < -0.39 is 0 Å². The second kappa shape index (κ2) is 5.05. The van der Waals surface area contributed by atoms with Crippen molar-refractivity contribution in [2.75, 3.05) is 19.8 Å². The predicted molar refractivity (Wildman–Crippen MR) is 62.4 cm³/mol. The second-order valence-electron chi connectivity index (χ2n) is 3.89. The maximum atomic E-state index is 5.48. The van der Waals surface area contributed by atoms with Crippen molar-refractivity contribution in [3.8, 4) is 0 Å². The molecule has 1 aromatic rings. The maximum absolute atomic E-state index is 5.48. The first-order chi connectivity index (χ1) is 7.31. The first-order valence-corrected chi connectivity index (χ1v) is 6.40. The average Bonchev–Trinajstić information content (AvgIpc) is 2.61. The van der Waals surface area contributed by atoms with Crippen LogP contribution in [-0.2, 0) is 11.2 Å². The highest BCUT2D eigenvalue weighted by Gasteiger charge is 2.20. The number of hydrogen-bond donors (Lipinski definition) is 1. The third-order valence-corrected chi connectivity index (χ3v) is 3.91. The van der Waals surface area contributed by atoms with E-state index in [1.807, 2.05) is 11.3 Å². The van der Waals surface area contributed by atoms with Gasteiger partial charge in [-0.25, -0.2) is 4.98 Å². The standard InChI is InChI=1S/C11H18N2OS/c1-3-4-10-13-8(2)11(15-10)9-7-14-6-5-12-9/h9,12H,3-7H2,1-2H3. The third kappa shape index (κ3) is 2.56. The number of hydrogen-bond acceptors (Lipinski definition) is 4. The molecule has 1 aliphatic rings. The number of ether oxygens (including phenoxy) is 1. The van der Waals surface area contributed by atoms with Gasteiger partial charge in [0.05, 0.1) is 30.0 Å².